The Balaban J connectivity index is 1.70. The Morgan fingerprint density at radius 1 is 1.26 bits per heavy atom. The Kier molecular flexibility index (Phi) is 6.66. The van der Waals surface area contributed by atoms with Gasteiger partial charge in [0.1, 0.15) is 10.8 Å². The van der Waals surface area contributed by atoms with Crippen molar-refractivity contribution in [3.8, 4) is 5.75 Å². The van der Waals surface area contributed by atoms with Crippen LogP contribution in [-0.2, 0) is 0 Å². The molecule has 27 heavy (non-hydrogen) atoms. The lowest BCUT2D eigenvalue weighted by molar-refractivity contribution is -0.0499. The summed E-state index contributed by atoms with van der Waals surface area (Å²) in [6.45, 7) is -1.07. The summed E-state index contributed by atoms with van der Waals surface area (Å²) in [6.07, 6.45) is 6.44. The monoisotopic (exact) mass is 392 g/mol. The molecule has 1 N–H and O–H groups in total. The Hall–Kier alpha value is -2.15. The maximum atomic E-state index is 12.8. The van der Waals surface area contributed by atoms with Crippen LogP contribution in [0.3, 0.4) is 0 Å². The maximum Gasteiger partial charge on any atom is 0.387 e. The number of hydrogen-bond donors (Lipinski definition) is 1. The SMILES string of the molecule is CC(NC(=O)c1cccnc1SC1CCCC1)c1cccc(OC(F)F)c1. The molecule has 1 fully saturated rings. The minimum Gasteiger partial charge on any atom is -0.435 e. The van der Waals surface area contributed by atoms with Gasteiger partial charge in [-0.25, -0.2) is 4.98 Å². The molecule has 144 valence electrons. The van der Waals surface area contributed by atoms with Crippen molar-refractivity contribution < 1.29 is 18.3 Å². The molecule has 1 unspecified atom stereocenters. The summed E-state index contributed by atoms with van der Waals surface area (Å²) in [5.74, 6) is -0.154. The highest BCUT2D eigenvalue weighted by Gasteiger charge is 2.21. The molecule has 1 heterocycles. The first-order valence-electron chi connectivity index (χ1n) is 9.00. The van der Waals surface area contributed by atoms with E-state index in [4.69, 9.17) is 0 Å². The van der Waals surface area contributed by atoms with Crippen LogP contribution in [0.25, 0.3) is 0 Å². The molecule has 1 amide bonds. The Morgan fingerprint density at radius 2 is 2.04 bits per heavy atom. The maximum absolute atomic E-state index is 12.8. The Morgan fingerprint density at radius 3 is 2.78 bits per heavy atom. The predicted molar refractivity (Wildman–Crippen MR) is 101 cm³/mol. The molecule has 3 rings (SSSR count). The number of aromatic nitrogens is 1. The van der Waals surface area contributed by atoms with Gasteiger partial charge in [-0.15, -0.1) is 11.8 Å². The van der Waals surface area contributed by atoms with Gasteiger partial charge in [0.2, 0.25) is 0 Å². The van der Waals surface area contributed by atoms with Crippen LogP contribution in [0.1, 0.15) is 54.6 Å². The lowest BCUT2D eigenvalue weighted by Gasteiger charge is -2.17. The van der Waals surface area contributed by atoms with E-state index in [9.17, 15) is 13.6 Å². The second kappa shape index (κ2) is 9.17. The third-order valence-electron chi connectivity index (χ3n) is 4.53. The number of thioether (sulfide) groups is 1. The average Bonchev–Trinajstić information content (AvgIpc) is 3.15. The van der Waals surface area contributed by atoms with Gasteiger partial charge in [0, 0.05) is 11.4 Å². The zero-order valence-corrected chi connectivity index (χ0v) is 15.8. The molecular weight excluding hydrogens is 370 g/mol. The van der Waals surface area contributed by atoms with Gasteiger partial charge in [0.15, 0.2) is 0 Å². The number of hydrogen-bond acceptors (Lipinski definition) is 4. The molecule has 0 saturated heterocycles. The number of nitrogens with zero attached hydrogens (tertiary/aromatic N) is 1. The van der Waals surface area contributed by atoms with Crippen molar-refractivity contribution in [2.45, 2.75) is 55.5 Å². The Labute approximate surface area is 161 Å². The minimum atomic E-state index is -2.88. The molecule has 1 aromatic carbocycles. The van der Waals surface area contributed by atoms with Gasteiger partial charge in [0.25, 0.3) is 5.91 Å². The van der Waals surface area contributed by atoms with E-state index in [-0.39, 0.29) is 17.7 Å². The van der Waals surface area contributed by atoms with Crippen molar-refractivity contribution in [3.63, 3.8) is 0 Å². The molecule has 4 nitrogen and oxygen atoms in total. The smallest absolute Gasteiger partial charge is 0.387 e. The molecule has 0 spiro atoms. The van der Waals surface area contributed by atoms with E-state index in [2.05, 4.69) is 15.0 Å². The van der Waals surface area contributed by atoms with Gasteiger partial charge in [-0.3, -0.25) is 4.79 Å². The zero-order valence-electron chi connectivity index (χ0n) is 15.0. The van der Waals surface area contributed by atoms with Crippen LogP contribution in [0.15, 0.2) is 47.6 Å². The highest BCUT2D eigenvalue weighted by molar-refractivity contribution is 7.99. The molecule has 1 aromatic heterocycles. The Bertz CT molecular complexity index is 782. The van der Waals surface area contributed by atoms with Crippen LogP contribution in [0.4, 0.5) is 8.78 Å². The van der Waals surface area contributed by atoms with E-state index in [0.717, 1.165) is 17.9 Å². The summed E-state index contributed by atoms with van der Waals surface area (Å²) in [5.41, 5.74) is 1.23. The normalized spacial score (nSPS) is 15.7. The van der Waals surface area contributed by atoms with Crippen LogP contribution in [-0.4, -0.2) is 22.8 Å². The topological polar surface area (TPSA) is 51.2 Å². The number of carbonyl (C=O) groups is 1. The zero-order chi connectivity index (χ0) is 19.2. The first-order valence-corrected chi connectivity index (χ1v) is 9.88. The summed E-state index contributed by atoms with van der Waals surface area (Å²) in [7, 11) is 0. The fourth-order valence-corrected chi connectivity index (χ4v) is 4.43. The number of halogens is 2. The van der Waals surface area contributed by atoms with Gasteiger partial charge in [-0.1, -0.05) is 25.0 Å². The molecule has 1 atom stereocenters. The van der Waals surface area contributed by atoms with Crippen molar-refractivity contribution in [1.29, 1.82) is 0 Å². The van der Waals surface area contributed by atoms with Crippen molar-refractivity contribution >= 4 is 17.7 Å². The number of alkyl halides is 2. The van der Waals surface area contributed by atoms with E-state index < -0.39 is 6.61 Å². The lowest BCUT2D eigenvalue weighted by atomic mass is 10.1. The van der Waals surface area contributed by atoms with Crippen LogP contribution in [0.2, 0.25) is 0 Å². The number of amides is 1. The standard InChI is InChI=1S/C20H22F2N2O2S/c1-13(14-6-4-7-15(12-14)26-20(21)22)24-18(25)17-10-5-11-23-19(17)27-16-8-2-3-9-16/h4-7,10-13,16,20H,2-3,8-9H2,1H3,(H,24,25). The second-order valence-electron chi connectivity index (χ2n) is 6.53. The third kappa shape index (κ3) is 5.42. The molecule has 0 radical (unpaired) electrons. The van der Waals surface area contributed by atoms with E-state index in [1.807, 2.05) is 0 Å². The lowest BCUT2D eigenvalue weighted by Crippen LogP contribution is -2.27. The van der Waals surface area contributed by atoms with Crippen LogP contribution in [0, 0.1) is 0 Å². The molecule has 1 aliphatic carbocycles. The minimum absolute atomic E-state index is 0.0717. The van der Waals surface area contributed by atoms with E-state index in [1.165, 1.54) is 25.0 Å². The van der Waals surface area contributed by atoms with Crippen molar-refractivity contribution in [2.24, 2.45) is 0 Å². The molecule has 0 aliphatic heterocycles. The van der Waals surface area contributed by atoms with Crippen molar-refractivity contribution in [3.05, 3.63) is 53.7 Å². The number of carbonyl (C=O) groups excluding carboxylic acids is 1. The number of benzene rings is 1. The van der Waals surface area contributed by atoms with Gasteiger partial charge in [0.05, 0.1) is 11.6 Å². The average molecular weight is 392 g/mol. The van der Waals surface area contributed by atoms with Crippen LogP contribution < -0.4 is 10.1 Å². The van der Waals surface area contributed by atoms with Crippen LogP contribution in [0.5, 0.6) is 5.75 Å². The number of nitrogens with one attached hydrogen (secondary N) is 1. The van der Waals surface area contributed by atoms with Crippen LogP contribution >= 0.6 is 11.8 Å². The predicted octanol–water partition coefficient (Wildman–Crippen LogP) is 5.21. The fourth-order valence-electron chi connectivity index (χ4n) is 3.14. The fraction of sp³-hybridized carbons (Fsp3) is 0.400. The largest absolute Gasteiger partial charge is 0.435 e. The summed E-state index contributed by atoms with van der Waals surface area (Å²) in [5, 5.41) is 4.17. The first-order chi connectivity index (χ1) is 13.0. The quantitative estimate of drug-likeness (QED) is 0.703. The molecule has 1 aliphatic rings. The van der Waals surface area contributed by atoms with Gasteiger partial charge >= 0.3 is 6.61 Å². The summed E-state index contributed by atoms with van der Waals surface area (Å²) in [4.78, 5) is 17.2. The van der Waals surface area contributed by atoms with Gasteiger partial charge in [-0.05, 0) is 49.6 Å². The highest BCUT2D eigenvalue weighted by Crippen LogP contribution is 2.35. The number of ether oxygens (including phenoxy) is 1. The van der Waals surface area contributed by atoms with Gasteiger partial charge in [-0.2, -0.15) is 8.78 Å². The van der Waals surface area contributed by atoms with E-state index >= 15 is 0 Å². The summed E-state index contributed by atoms with van der Waals surface area (Å²) >= 11 is 1.66. The molecule has 7 heteroatoms. The summed E-state index contributed by atoms with van der Waals surface area (Å²) in [6, 6.07) is 9.51. The van der Waals surface area contributed by atoms with Gasteiger partial charge < -0.3 is 10.1 Å². The van der Waals surface area contributed by atoms with E-state index in [1.54, 1.807) is 49.1 Å². The number of rotatable bonds is 7. The summed E-state index contributed by atoms with van der Waals surface area (Å²) < 4.78 is 29.2. The molecule has 0 bridgehead atoms. The van der Waals surface area contributed by atoms with E-state index in [0.29, 0.717) is 16.4 Å². The van der Waals surface area contributed by atoms with Crippen molar-refractivity contribution in [2.75, 3.05) is 0 Å². The highest BCUT2D eigenvalue weighted by atomic mass is 32.2. The molecule has 1 saturated carbocycles. The second-order valence-corrected chi connectivity index (χ2v) is 7.82. The molecular formula is C20H22F2N2O2S. The first kappa shape index (κ1) is 19.6. The van der Waals surface area contributed by atoms with Crippen molar-refractivity contribution in [1.82, 2.24) is 10.3 Å². The molecule has 2 aromatic rings. The third-order valence-corrected chi connectivity index (χ3v) is 5.88. The number of pyridine rings is 1.